The van der Waals surface area contributed by atoms with Crippen LogP contribution in [0.5, 0.6) is 0 Å². The second kappa shape index (κ2) is 3.92. The number of amides is 1. The summed E-state index contributed by atoms with van der Waals surface area (Å²) < 4.78 is 4.82. The summed E-state index contributed by atoms with van der Waals surface area (Å²) >= 11 is 0. The van der Waals surface area contributed by atoms with Gasteiger partial charge >= 0.3 is 0 Å². The van der Waals surface area contributed by atoms with Gasteiger partial charge in [0.1, 0.15) is 6.26 Å². The average molecular weight is 209 g/mol. The highest BCUT2D eigenvalue weighted by Crippen LogP contribution is 2.17. The summed E-state index contributed by atoms with van der Waals surface area (Å²) in [6.45, 7) is 3.75. The van der Waals surface area contributed by atoms with Gasteiger partial charge in [-0.05, 0) is 18.8 Å². The zero-order valence-corrected chi connectivity index (χ0v) is 8.77. The molecule has 1 amide bonds. The van der Waals surface area contributed by atoms with Crippen LogP contribution in [0.25, 0.3) is 0 Å². The highest BCUT2D eigenvalue weighted by Gasteiger charge is 2.23. The molecule has 1 aromatic rings. The molecule has 1 aromatic heterocycles. The molecule has 15 heavy (non-hydrogen) atoms. The third-order valence-corrected chi connectivity index (χ3v) is 2.69. The van der Waals surface area contributed by atoms with E-state index in [2.05, 4.69) is 11.9 Å². The molecule has 2 N–H and O–H groups in total. The van der Waals surface area contributed by atoms with Crippen LogP contribution in [-0.4, -0.2) is 28.9 Å². The minimum atomic E-state index is -0.0815. The number of oxazole rings is 1. The molecule has 2 rings (SSSR count). The zero-order valence-electron chi connectivity index (χ0n) is 8.77. The lowest BCUT2D eigenvalue weighted by atomic mass is 10.0. The van der Waals surface area contributed by atoms with Crippen molar-refractivity contribution in [3.63, 3.8) is 0 Å². The molecule has 1 fully saturated rings. The van der Waals surface area contributed by atoms with Crippen LogP contribution < -0.4 is 5.73 Å². The third-order valence-electron chi connectivity index (χ3n) is 2.69. The van der Waals surface area contributed by atoms with E-state index in [4.69, 9.17) is 10.2 Å². The number of carbonyl (C=O) groups is 1. The lowest BCUT2D eigenvalue weighted by Crippen LogP contribution is -2.39. The maximum absolute atomic E-state index is 11.9. The van der Waals surface area contributed by atoms with Crippen LogP contribution in [-0.2, 0) is 0 Å². The number of hydrogen-bond donors (Lipinski definition) is 1. The Bertz CT molecular complexity index is 361. The highest BCUT2D eigenvalue weighted by molar-refractivity contribution is 5.92. The van der Waals surface area contributed by atoms with Gasteiger partial charge in [0.15, 0.2) is 5.69 Å². The van der Waals surface area contributed by atoms with Crippen molar-refractivity contribution in [2.24, 2.45) is 5.92 Å². The van der Waals surface area contributed by atoms with Gasteiger partial charge in [0, 0.05) is 13.1 Å². The summed E-state index contributed by atoms with van der Waals surface area (Å²) in [4.78, 5) is 17.5. The van der Waals surface area contributed by atoms with Gasteiger partial charge in [-0.15, -0.1) is 0 Å². The molecular weight excluding hydrogens is 194 g/mol. The van der Waals surface area contributed by atoms with E-state index in [0.29, 0.717) is 11.6 Å². The molecule has 0 saturated carbocycles. The van der Waals surface area contributed by atoms with Crippen LogP contribution in [0.15, 0.2) is 10.7 Å². The van der Waals surface area contributed by atoms with E-state index in [0.717, 1.165) is 19.5 Å². The molecular formula is C10H15N3O2. The summed E-state index contributed by atoms with van der Waals surface area (Å²) in [5.74, 6) is 0.481. The van der Waals surface area contributed by atoms with Crippen LogP contribution >= 0.6 is 0 Å². The van der Waals surface area contributed by atoms with E-state index >= 15 is 0 Å². The Morgan fingerprint density at radius 3 is 3.13 bits per heavy atom. The molecule has 1 aliphatic rings. The fourth-order valence-corrected chi connectivity index (χ4v) is 1.92. The second-order valence-electron chi connectivity index (χ2n) is 4.07. The standard InChI is InChI=1S/C10H15N3O2/c1-7-3-2-4-13(5-7)9(14)8-6-15-10(11)12-8/h6-7H,2-5H2,1H3,(H2,11,12). The Morgan fingerprint density at radius 2 is 2.53 bits per heavy atom. The molecule has 1 unspecified atom stereocenters. The quantitative estimate of drug-likeness (QED) is 0.752. The van der Waals surface area contributed by atoms with Gasteiger partial charge in [0.2, 0.25) is 0 Å². The van der Waals surface area contributed by atoms with Gasteiger partial charge in [-0.1, -0.05) is 6.92 Å². The summed E-state index contributed by atoms with van der Waals surface area (Å²) in [5, 5.41) is 0. The summed E-state index contributed by atoms with van der Waals surface area (Å²) in [6.07, 6.45) is 3.56. The monoisotopic (exact) mass is 209 g/mol. The Kier molecular flexibility index (Phi) is 2.62. The number of rotatable bonds is 1. The van der Waals surface area contributed by atoms with Crippen molar-refractivity contribution in [1.82, 2.24) is 9.88 Å². The molecule has 0 bridgehead atoms. The van der Waals surface area contributed by atoms with E-state index in [9.17, 15) is 4.79 Å². The van der Waals surface area contributed by atoms with Crippen molar-refractivity contribution >= 4 is 11.9 Å². The predicted octanol–water partition coefficient (Wildman–Crippen LogP) is 1.13. The van der Waals surface area contributed by atoms with Crippen LogP contribution in [0, 0.1) is 5.92 Å². The van der Waals surface area contributed by atoms with Crippen molar-refractivity contribution in [3.05, 3.63) is 12.0 Å². The maximum Gasteiger partial charge on any atom is 0.292 e. The average Bonchev–Trinajstić information content (AvgIpc) is 2.64. The van der Waals surface area contributed by atoms with Crippen LogP contribution in [0.2, 0.25) is 0 Å². The van der Waals surface area contributed by atoms with Gasteiger partial charge in [-0.25, -0.2) is 0 Å². The van der Waals surface area contributed by atoms with Crippen molar-refractivity contribution in [3.8, 4) is 0 Å². The lowest BCUT2D eigenvalue weighted by Gasteiger charge is -2.30. The summed E-state index contributed by atoms with van der Waals surface area (Å²) in [5.41, 5.74) is 5.63. The van der Waals surface area contributed by atoms with Gasteiger partial charge in [-0.3, -0.25) is 4.79 Å². The molecule has 0 aliphatic carbocycles. The number of aromatic nitrogens is 1. The number of likely N-dealkylation sites (tertiary alicyclic amines) is 1. The van der Waals surface area contributed by atoms with Crippen molar-refractivity contribution < 1.29 is 9.21 Å². The van der Waals surface area contributed by atoms with Crippen LogP contribution in [0.3, 0.4) is 0 Å². The molecule has 1 saturated heterocycles. The molecule has 0 radical (unpaired) electrons. The van der Waals surface area contributed by atoms with Gasteiger partial charge in [0.25, 0.3) is 11.9 Å². The SMILES string of the molecule is CC1CCCN(C(=O)c2coc(N)n2)C1. The summed E-state index contributed by atoms with van der Waals surface area (Å²) in [7, 11) is 0. The first-order valence-corrected chi connectivity index (χ1v) is 5.17. The third kappa shape index (κ3) is 2.11. The summed E-state index contributed by atoms with van der Waals surface area (Å²) in [6, 6.07) is 0.0448. The van der Waals surface area contributed by atoms with Crippen LogP contribution in [0.4, 0.5) is 6.01 Å². The minimum absolute atomic E-state index is 0.0448. The number of anilines is 1. The van der Waals surface area contributed by atoms with Crippen molar-refractivity contribution in [2.75, 3.05) is 18.8 Å². The minimum Gasteiger partial charge on any atom is -0.431 e. The van der Waals surface area contributed by atoms with Crippen molar-refractivity contribution in [1.29, 1.82) is 0 Å². The number of carbonyl (C=O) groups excluding carboxylic acids is 1. The maximum atomic E-state index is 11.9. The van der Waals surface area contributed by atoms with E-state index in [1.807, 2.05) is 4.90 Å². The molecule has 82 valence electrons. The molecule has 0 spiro atoms. The first-order valence-electron chi connectivity index (χ1n) is 5.17. The molecule has 0 aromatic carbocycles. The van der Waals surface area contributed by atoms with E-state index in [1.165, 1.54) is 12.7 Å². The molecule has 5 nitrogen and oxygen atoms in total. The number of hydrogen-bond acceptors (Lipinski definition) is 4. The number of nitrogen functional groups attached to an aromatic ring is 1. The fourth-order valence-electron chi connectivity index (χ4n) is 1.92. The largest absolute Gasteiger partial charge is 0.431 e. The molecule has 1 atom stereocenters. The number of nitrogens with zero attached hydrogens (tertiary/aromatic N) is 2. The Balaban J connectivity index is 2.07. The second-order valence-corrected chi connectivity index (χ2v) is 4.07. The normalized spacial score (nSPS) is 21.7. The first kappa shape index (κ1) is 10.0. The molecule has 2 heterocycles. The lowest BCUT2D eigenvalue weighted by molar-refractivity contribution is 0.0677. The van der Waals surface area contributed by atoms with Gasteiger partial charge in [-0.2, -0.15) is 4.98 Å². The Labute approximate surface area is 88.3 Å². The molecule has 1 aliphatic heterocycles. The van der Waals surface area contributed by atoms with E-state index < -0.39 is 0 Å². The van der Waals surface area contributed by atoms with E-state index in [-0.39, 0.29) is 11.9 Å². The molecule has 5 heteroatoms. The Hall–Kier alpha value is -1.52. The van der Waals surface area contributed by atoms with Crippen molar-refractivity contribution in [2.45, 2.75) is 19.8 Å². The smallest absolute Gasteiger partial charge is 0.292 e. The topological polar surface area (TPSA) is 72.4 Å². The fraction of sp³-hybridized carbons (Fsp3) is 0.600. The van der Waals surface area contributed by atoms with Gasteiger partial charge in [0.05, 0.1) is 0 Å². The van der Waals surface area contributed by atoms with E-state index in [1.54, 1.807) is 0 Å². The Morgan fingerprint density at radius 1 is 1.73 bits per heavy atom. The van der Waals surface area contributed by atoms with Gasteiger partial charge < -0.3 is 15.1 Å². The first-order chi connectivity index (χ1) is 7.16. The highest BCUT2D eigenvalue weighted by atomic mass is 16.4. The number of piperidine rings is 1. The predicted molar refractivity (Wildman–Crippen MR) is 55.2 cm³/mol. The van der Waals surface area contributed by atoms with Crippen LogP contribution in [0.1, 0.15) is 30.3 Å². The number of nitrogens with two attached hydrogens (primary N) is 1. The zero-order chi connectivity index (χ0) is 10.8.